The lowest BCUT2D eigenvalue weighted by Gasteiger charge is -2.38. The van der Waals surface area contributed by atoms with Crippen molar-refractivity contribution in [3.8, 4) is 0 Å². The maximum absolute atomic E-state index is 12.6. The van der Waals surface area contributed by atoms with Crippen LogP contribution in [0, 0.1) is 0 Å². The topological polar surface area (TPSA) is 71.8 Å². The van der Waals surface area contributed by atoms with Crippen molar-refractivity contribution in [3.63, 3.8) is 0 Å². The van der Waals surface area contributed by atoms with Gasteiger partial charge >= 0.3 is 0 Å². The van der Waals surface area contributed by atoms with Crippen LogP contribution in [0.25, 0.3) is 0 Å². The summed E-state index contributed by atoms with van der Waals surface area (Å²) in [5.41, 5.74) is -1.50. The van der Waals surface area contributed by atoms with Gasteiger partial charge in [-0.05, 0) is 30.3 Å². The predicted octanol–water partition coefficient (Wildman–Crippen LogP) is 2.07. The van der Waals surface area contributed by atoms with E-state index < -0.39 is 19.9 Å². The molecule has 3 rings (SSSR count). The minimum Gasteiger partial charge on any atom is -0.412 e. The second-order valence-electron chi connectivity index (χ2n) is 8.01. The normalized spacial score (nSPS) is 28.1. The molecule has 1 fully saturated rings. The second kappa shape index (κ2) is 4.78. The highest BCUT2D eigenvalue weighted by molar-refractivity contribution is 6.74. The van der Waals surface area contributed by atoms with E-state index >= 15 is 0 Å². The molecule has 1 aromatic heterocycles. The van der Waals surface area contributed by atoms with E-state index in [1.807, 2.05) is 0 Å². The van der Waals surface area contributed by atoms with E-state index in [0.29, 0.717) is 5.69 Å². The number of aromatic nitrogens is 1. The number of hydrogen-bond acceptors (Lipinski definition) is 4. The van der Waals surface area contributed by atoms with Gasteiger partial charge in [0.05, 0.1) is 6.10 Å². The first-order valence-corrected chi connectivity index (χ1v) is 10.8. The predicted molar refractivity (Wildman–Crippen MR) is 87.7 cm³/mol. The highest BCUT2D eigenvalue weighted by atomic mass is 28.4. The molecule has 7 heteroatoms. The molecule has 2 atom stereocenters. The van der Waals surface area contributed by atoms with Crippen LogP contribution in [0.4, 0.5) is 0 Å². The first-order valence-electron chi connectivity index (χ1n) is 7.92. The number of hydrogen-bond donors (Lipinski definition) is 1. The average Bonchev–Trinajstić information content (AvgIpc) is 3.00. The van der Waals surface area contributed by atoms with Crippen molar-refractivity contribution in [3.05, 3.63) is 24.0 Å². The lowest BCUT2D eigenvalue weighted by atomic mass is 10.1. The second-order valence-corrected chi connectivity index (χ2v) is 12.8. The summed E-state index contributed by atoms with van der Waals surface area (Å²) in [4.78, 5) is 26.4. The largest absolute Gasteiger partial charge is 0.412 e. The number of aliphatic hydroxyl groups is 1. The summed E-state index contributed by atoms with van der Waals surface area (Å²) < 4.78 is 7.56. The van der Waals surface area contributed by atoms with Gasteiger partial charge in [-0.1, -0.05) is 20.8 Å². The molecule has 0 radical (unpaired) electrons. The molecule has 0 spiro atoms. The number of rotatable bonds is 2. The Bertz CT molecular complexity index is 676. The first kappa shape index (κ1) is 16.4. The molecule has 1 amide bonds. The molecule has 6 nitrogen and oxygen atoms in total. The van der Waals surface area contributed by atoms with Crippen LogP contribution in [0.3, 0.4) is 0 Å². The van der Waals surface area contributed by atoms with Gasteiger partial charge in [-0.25, -0.2) is 0 Å². The van der Waals surface area contributed by atoms with Crippen LogP contribution >= 0.6 is 0 Å². The Morgan fingerprint density at radius 3 is 2.61 bits per heavy atom. The Morgan fingerprint density at radius 1 is 1.35 bits per heavy atom. The molecule has 2 aliphatic rings. The Balaban J connectivity index is 1.88. The number of carbonyl (C=O) groups is 2. The molecule has 0 aromatic carbocycles. The summed E-state index contributed by atoms with van der Waals surface area (Å²) in [7, 11) is -2.04. The lowest BCUT2D eigenvalue weighted by molar-refractivity contribution is -0.0514. The standard InChI is InChI=1S/C16H24N2O4Si/c1-15(2,3)23(4,5)22-11-9-16(21)14(20)17-8-6-7-12(17)13(19)18(16)10-11/h6-8,11,21H,9-10H2,1-5H3/t11-,16?/m1/s1. The number of carbonyl (C=O) groups excluding carboxylic acids is 2. The maximum atomic E-state index is 12.6. The molecule has 0 bridgehead atoms. The Kier molecular flexibility index (Phi) is 3.41. The summed E-state index contributed by atoms with van der Waals surface area (Å²) in [5, 5.41) is 10.9. The molecule has 1 aromatic rings. The van der Waals surface area contributed by atoms with Gasteiger partial charge in [0.25, 0.3) is 11.8 Å². The molecule has 126 valence electrons. The maximum Gasteiger partial charge on any atom is 0.284 e. The zero-order chi connectivity index (χ0) is 17.2. The van der Waals surface area contributed by atoms with Crippen LogP contribution in [-0.4, -0.2) is 53.1 Å². The van der Waals surface area contributed by atoms with Gasteiger partial charge in [0.2, 0.25) is 5.72 Å². The summed E-state index contributed by atoms with van der Waals surface area (Å²) in [6.07, 6.45) is 1.33. The van der Waals surface area contributed by atoms with E-state index in [1.54, 1.807) is 12.1 Å². The summed E-state index contributed by atoms with van der Waals surface area (Å²) in [5.74, 6) is -0.795. The van der Waals surface area contributed by atoms with Crippen molar-refractivity contribution in [1.82, 2.24) is 9.47 Å². The quantitative estimate of drug-likeness (QED) is 0.839. The third-order valence-electron chi connectivity index (χ3n) is 5.39. The Labute approximate surface area is 137 Å². The van der Waals surface area contributed by atoms with Gasteiger partial charge < -0.3 is 9.53 Å². The van der Waals surface area contributed by atoms with Crippen LogP contribution in [0.15, 0.2) is 18.3 Å². The van der Waals surface area contributed by atoms with E-state index in [0.717, 1.165) is 0 Å². The number of amides is 1. The molecule has 1 N–H and O–H groups in total. The summed E-state index contributed by atoms with van der Waals surface area (Å²) >= 11 is 0. The van der Waals surface area contributed by atoms with Gasteiger partial charge in [0.1, 0.15) is 5.69 Å². The minimum atomic E-state index is -2.04. The zero-order valence-corrected chi connectivity index (χ0v) is 15.3. The van der Waals surface area contributed by atoms with Crippen LogP contribution in [0.5, 0.6) is 0 Å². The Hall–Kier alpha value is -1.44. The molecule has 23 heavy (non-hydrogen) atoms. The van der Waals surface area contributed by atoms with Gasteiger partial charge in [-0.2, -0.15) is 0 Å². The third kappa shape index (κ3) is 2.29. The Morgan fingerprint density at radius 2 is 2.00 bits per heavy atom. The lowest BCUT2D eigenvalue weighted by Crippen LogP contribution is -2.59. The molecular formula is C16H24N2O4Si. The minimum absolute atomic E-state index is 0.0258. The molecular weight excluding hydrogens is 312 g/mol. The molecule has 1 unspecified atom stereocenters. The van der Waals surface area contributed by atoms with Gasteiger partial charge in [0, 0.05) is 19.2 Å². The summed E-state index contributed by atoms with van der Waals surface area (Å²) in [6.45, 7) is 10.9. The van der Waals surface area contributed by atoms with E-state index in [1.165, 1.54) is 15.7 Å². The van der Waals surface area contributed by atoms with E-state index in [-0.39, 0.29) is 30.0 Å². The van der Waals surface area contributed by atoms with Crippen molar-refractivity contribution >= 4 is 20.1 Å². The van der Waals surface area contributed by atoms with Crippen LogP contribution in [0.2, 0.25) is 18.1 Å². The smallest absolute Gasteiger partial charge is 0.284 e. The van der Waals surface area contributed by atoms with Gasteiger partial charge in [-0.3, -0.25) is 19.1 Å². The summed E-state index contributed by atoms with van der Waals surface area (Å²) in [6, 6.07) is 3.24. The van der Waals surface area contributed by atoms with Crippen molar-refractivity contribution in [2.24, 2.45) is 0 Å². The van der Waals surface area contributed by atoms with E-state index in [9.17, 15) is 14.7 Å². The molecule has 1 saturated heterocycles. The molecule has 3 heterocycles. The molecule has 2 aliphatic heterocycles. The zero-order valence-electron chi connectivity index (χ0n) is 14.3. The third-order valence-corrected chi connectivity index (χ3v) is 9.92. The van der Waals surface area contributed by atoms with Crippen LogP contribution < -0.4 is 0 Å². The molecule has 0 saturated carbocycles. The highest BCUT2D eigenvalue weighted by Gasteiger charge is 2.58. The van der Waals surface area contributed by atoms with Crippen molar-refractivity contribution in [2.45, 2.75) is 57.2 Å². The fourth-order valence-electron chi connectivity index (χ4n) is 3.04. The SMILES string of the molecule is CC(C)(C)[Si](C)(C)O[C@H]1CN2C(=O)c3cccn3C(=O)C2(O)C1. The van der Waals surface area contributed by atoms with Gasteiger partial charge in [0.15, 0.2) is 8.32 Å². The monoisotopic (exact) mass is 336 g/mol. The van der Waals surface area contributed by atoms with Crippen molar-refractivity contribution in [2.75, 3.05) is 6.54 Å². The average molecular weight is 336 g/mol. The fourth-order valence-corrected chi connectivity index (χ4v) is 4.38. The van der Waals surface area contributed by atoms with E-state index in [2.05, 4.69) is 33.9 Å². The van der Waals surface area contributed by atoms with Crippen molar-refractivity contribution in [1.29, 1.82) is 0 Å². The van der Waals surface area contributed by atoms with Crippen LogP contribution in [-0.2, 0) is 4.43 Å². The number of fused-ring (bicyclic) bond motifs is 2. The van der Waals surface area contributed by atoms with Crippen molar-refractivity contribution < 1.29 is 19.1 Å². The number of nitrogens with zero attached hydrogens (tertiary/aromatic N) is 2. The highest BCUT2D eigenvalue weighted by Crippen LogP contribution is 2.41. The van der Waals surface area contributed by atoms with E-state index in [4.69, 9.17) is 4.43 Å². The van der Waals surface area contributed by atoms with Gasteiger partial charge in [-0.15, -0.1) is 0 Å². The first-order chi connectivity index (χ1) is 10.5. The molecule has 0 aliphatic carbocycles. The fraction of sp³-hybridized carbons (Fsp3) is 0.625. The van der Waals surface area contributed by atoms with Crippen LogP contribution in [0.1, 0.15) is 42.5 Å².